The van der Waals surface area contributed by atoms with Gasteiger partial charge in [-0.3, -0.25) is 4.90 Å². The lowest BCUT2D eigenvalue weighted by atomic mass is 9.65. The highest BCUT2D eigenvalue weighted by atomic mass is 19.1. The van der Waals surface area contributed by atoms with Crippen molar-refractivity contribution in [2.75, 3.05) is 26.3 Å². The Kier molecular flexibility index (Phi) is 5.56. The molecule has 3 aliphatic rings. The Morgan fingerprint density at radius 3 is 2.54 bits per heavy atom. The molecule has 3 unspecified atom stereocenters. The van der Waals surface area contributed by atoms with E-state index in [1.54, 1.807) is 12.1 Å². The van der Waals surface area contributed by atoms with Gasteiger partial charge in [0.1, 0.15) is 5.82 Å². The topological polar surface area (TPSA) is 41.9 Å². The van der Waals surface area contributed by atoms with E-state index in [2.05, 4.69) is 18.7 Å². The van der Waals surface area contributed by atoms with Crippen LogP contribution in [0.15, 0.2) is 24.3 Å². The molecule has 0 saturated carbocycles. The number of hydrogen-bond acceptors (Lipinski definition) is 4. The molecule has 0 spiro atoms. The summed E-state index contributed by atoms with van der Waals surface area (Å²) in [6.07, 6.45) is 5.98. The molecule has 0 aromatic heterocycles. The van der Waals surface area contributed by atoms with Crippen molar-refractivity contribution in [3.05, 3.63) is 35.6 Å². The normalized spacial score (nSPS) is 37.6. The van der Waals surface area contributed by atoms with Crippen LogP contribution in [0.1, 0.15) is 64.4 Å². The lowest BCUT2D eigenvalue weighted by molar-refractivity contribution is -0.191. The molecule has 3 heterocycles. The van der Waals surface area contributed by atoms with Gasteiger partial charge in [-0.2, -0.15) is 0 Å². The Balaban J connectivity index is 1.40. The van der Waals surface area contributed by atoms with Crippen LogP contribution in [0.25, 0.3) is 0 Å². The summed E-state index contributed by atoms with van der Waals surface area (Å²) in [6, 6.07) is 7.00. The lowest BCUT2D eigenvalue weighted by Gasteiger charge is -2.57. The van der Waals surface area contributed by atoms with Gasteiger partial charge in [0, 0.05) is 30.5 Å². The summed E-state index contributed by atoms with van der Waals surface area (Å²) in [5.41, 5.74) is 0.620. The molecule has 28 heavy (non-hydrogen) atoms. The first kappa shape index (κ1) is 20.3. The molecule has 0 bridgehead atoms. The minimum absolute atomic E-state index is 0.0147. The van der Waals surface area contributed by atoms with Crippen LogP contribution < -0.4 is 0 Å². The van der Waals surface area contributed by atoms with Crippen molar-refractivity contribution in [2.45, 2.75) is 81.6 Å². The standard InChI is InChI=1S/C23H34FNO3/c1-21(18-4-6-19(24)7-5-18)10-11-22(2)16-23(26,12-13-25(22)17-21)9-8-20-27-14-3-15-28-20/h4-7,20,26H,3,8-17H2,1-2H3. The average molecular weight is 392 g/mol. The van der Waals surface area contributed by atoms with E-state index in [0.29, 0.717) is 0 Å². The molecule has 156 valence electrons. The first-order chi connectivity index (χ1) is 13.3. The van der Waals surface area contributed by atoms with E-state index in [0.717, 1.165) is 71.2 Å². The summed E-state index contributed by atoms with van der Waals surface area (Å²) >= 11 is 0. The van der Waals surface area contributed by atoms with E-state index in [-0.39, 0.29) is 23.1 Å². The second-order valence-corrected chi connectivity index (χ2v) is 9.70. The highest BCUT2D eigenvalue weighted by molar-refractivity contribution is 5.27. The SMILES string of the molecule is CC1(c2ccc(F)cc2)CCC2(C)CC(O)(CCC3OCCCO3)CCN2C1. The molecular weight excluding hydrogens is 357 g/mol. The predicted octanol–water partition coefficient (Wildman–Crippen LogP) is 4.01. The molecule has 1 aromatic carbocycles. The molecule has 4 nitrogen and oxygen atoms in total. The van der Waals surface area contributed by atoms with Gasteiger partial charge in [0.15, 0.2) is 6.29 Å². The Hall–Kier alpha value is -1.01. The van der Waals surface area contributed by atoms with Crippen molar-refractivity contribution < 1.29 is 19.0 Å². The van der Waals surface area contributed by atoms with Crippen LogP contribution >= 0.6 is 0 Å². The molecule has 3 aliphatic heterocycles. The van der Waals surface area contributed by atoms with Gasteiger partial charge in [-0.15, -0.1) is 0 Å². The summed E-state index contributed by atoms with van der Waals surface area (Å²) in [5, 5.41) is 11.3. The molecule has 0 amide bonds. The van der Waals surface area contributed by atoms with Gasteiger partial charge >= 0.3 is 0 Å². The second-order valence-electron chi connectivity index (χ2n) is 9.70. The second kappa shape index (κ2) is 7.67. The van der Waals surface area contributed by atoms with Gasteiger partial charge in [-0.25, -0.2) is 4.39 Å². The van der Waals surface area contributed by atoms with Crippen LogP contribution in [0.5, 0.6) is 0 Å². The Bertz CT molecular complexity index is 677. The predicted molar refractivity (Wildman–Crippen MR) is 107 cm³/mol. The maximum absolute atomic E-state index is 13.3. The van der Waals surface area contributed by atoms with Crippen LogP contribution in [0.3, 0.4) is 0 Å². The molecule has 0 radical (unpaired) electrons. The molecule has 3 atom stereocenters. The van der Waals surface area contributed by atoms with Crippen LogP contribution in [0, 0.1) is 5.82 Å². The van der Waals surface area contributed by atoms with Crippen molar-refractivity contribution in [1.82, 2.24) is 4.90 Å². The molecule has 0 aliphatic carbocycles. The molecule has 3 fully saturated rings. The Morgan fingerprint density at radius 1 is 1.11 bits per heavy atom. The van der Waals surface area contributed by atoms with Gasteiger partial charge in [0.2, 0.25) is 0 Å². The quantitative estimate of drug-likeness (QED) is 0.842. The van der Waals surface area contributed by atoms with Gasteiger partial charge in [0.05, 0.1) is 18.8 Å². The smallest absolute Gasteiger partial charge is 0.157 e. The van der Waals surface area contributed by atoms with E-state index < -0.39 is 5.60 Å². The fourth-order valence-corrected chi connectivity index (χ4v) is 5.48. The molecular formula is C23H34FNO3. The number of ether oxygens (including phenoxy) is 2. The van der Waals surface area contributed by atoms with Crippen molar-refractivity contribution >= 4 is 0 Å². The van der Waals surface area contributed by atoms with Crippen molar-refractivity contribution in [2.24, 2.45) is 0 Å². The zero-order valence-electron chi connectivity index (χ0n) is 17.3. The van der Waals surface area contributed by atoms with E-state index >= 15 is 0 Å². The summed E-state index contributed by atoms with van der Waals surface area (Å²) in [5.74, 6) is -0.179. The van der Waals surface area contributed by atoms with E-state index in [1.807, 2.05) is 12.1 Å². The average Bonchev–Trinajstić information content (AvgIpc) is 2.69. The largest absolute Gasteiger partial charge is 0.390 e. The maximum Gasteiger partial charge on any atom is 0.157 e. The third-order valence-electron chi connectivity index (χ3n) is 7.36. The molecule has 3 saturated heterocycles. The van der Waals surface area contributed by atoms with E-state index in [4.69, 9.17) is 9.47 Å². The fourth-order valence-electron chi connectivity index (χ4n) is 5.48. The summed E-state index contributed by atoms with van der Waals surface area (Å²) < 4.78 is 24.7. The Morgan fingerprint density at radius 2 is 1.82 bits per heavy atom. The minimum atomic E-state index is -0.640. The highest BCUT2D eigenvalue weighted by Gasteiger charge is 2.50. The van der Waals surface area contributed by atoms with Crippen LogP contribution in [0.4, 0.5) is 4.39 Å². The summed E-state index contributed by atoms with van der Waals surface area (Å²) in [7, 11) is 0. The lowest BCUT2D eigenvalue weighted by Crippen LogP contribution is -2.63. The summed E-state index contributed by atoms with van der Waals surface area (Å²) in [6.45, 7) is 7.97. The number of piperidine rings is 2. The van der Waals surface area contributed by atoms with Gasteiger partial charge in [-0.05, 0) is 63.1 Å². The molecule has 1 aromatic rings. The van der Waals surface area contributed by atoms with Crippen LogP contribution in [0.2, 0.25) is 0 Å². The number of benzene rings is 1. The Labute approximate surface area is 168 Å². The zero-order valence-corrected chi connectivity index (χ0v) is 17.3. The third-order valence-corrected chi connectivity index (χ3v) is 7.36. The van der Waals surface area contributed by atoms with Crippen LogP contribution in [-0.2, 0) is 14.9 Å². The summed E-state index contributed by atoms with van der Waals surface area (Å²) in [4.78, 5) is 2.56. The minimum Gasteiger partial charge on any atom is -0.390 e. The van der Waals surface area contributed by atoms with Crippen molar-refractivity contribution in [1.29, 1.82) is 0 Å². The van der Waals surface area contributed by atoms with Crippen molar-refractivity contribution in [3.63, 3.8) is 0 Å². The molecule has 1 N–H and O–H groups in total. The van der Waals surface area contributed by atoms with Gasteiger partial charge < -0.3 is 14.6 Å². The third kappa shape index (κ3) is 4.13. The number of rotatable bonds is 4. The zero-order chi connectivity index (χ0) is 19.8. The van der Waals surface area contributed by atoms with E-state index in [1.165, 1.54) is 5.56 Å². The molecule has 5 heteroatoms. The fraction of sp³-hybridized carbons (Fsp3) is 0.739. The van der Waals surface area contributed by atoms with Crippen LogP contribution in [-0.4, -0.2) is 53.7 Å². The van der Waals surface area contributed by atoms with Crippen molar-refractivity contribution in [3.8, 4) is 0 Å². The maximum atomic E-state index is 13.3. The van der Waals surface area contributed by atoms with Gasteiger partial charge in [0.25, 0.3) is 0 Å². The first-order valence-electron chi connectivity index (χ1n) is 10.8. The number of hydrogen-bond donors (Lipinski definition) is 1. The monoisotopic (exact) mass is 391 g/mol. The van der Waals surface area contributed by atoms with E-state index in [9.17, 15) is 9.50 Å². The number of nitrogens with zero attached hydrogens (tertiary/aromatic N) is 1. The highest BCUT2D eigenvalue weighted by Crippen LogP contribution is 2.47. The van der Waals surface area contributed by atoms with Gasteiger partial charge in [-0.1, -0.05) is 19.1 Å². The first-order valence-corrected chi connectivity index (χ1v) is 10.8. The number of halogens is 1. The molecule has 4 rings (SSSR count). The number of aliphatic hydroxyl groups is 1. The number of fused-ring (bicyclic) bond motifs is 1.